The minimum absolute atomic E-state index is 0.0180. The smallest absolute Gasteiger partial charge is 0.416 e. The van der Waals surface area contributed by atoms with Crippen molar-refractivity contribution in [1.29, 1.82) is 0 Å². The molecular formula is C26H21BF3NO5. The van der Waals surface area contributed by atoms with Gasteiger partial charge in [-0.3, -0.25) is 9.69 Å². The van der Waals surface area contributed by atoms with Crippen LogP contribution in [0.3, 0.4) is 0 Å². The molecule has 1 N–H and O–H groups in total. The second-order valence-corrected chi connectivity index (χ2v) is 8.44. The van der Waals surface area contributed by atoms with Gasteiger partial charge in [0.05, 0.1) is 24.6 Å². The second kappa shape index (κ2) is 9.97. The lowest BCUT2D eigenvalue weighted by Crippen LogP contribution is -2.31. The first-order chi connectivity index (χ1) is 17.0. The number of carbonyl (C=O) groups is 2. The monoisotopic (exact) mass is 495 g/mol. The van der Waals surface area contributed by atoms with Gasteiger partial charge in [0.1, 0.15) is 25.4 Å². The highest BCUT2D eigenvalue weighted by atomic mass is 19.4. The van der Waals surface area contributed by atoms with Gasteiger partial charge in [0, 0.05) is 5.56 Å². The molecule has 0 aromatic heterocycles. The SMILES string of the molecule is [B]c1ccc(Oc2ccc(C(F)(F)F)c(CC(=O)O)c2)c(CN2C(=O)O[C@H](c3ccccc3)[C@@H]2C)c1. The molecule has 3 aromatic rings. The number of halogens is 3. The number of nitrogens with zero attached hydrogens (tertiary/aromatic N) is 1. The molecular weight excluding hydrogens is 474 g/mol. The predicted molar refractivity (Wildman–Crippen MR) is 125 cm³/mol. The number of rotatable bonds is 7. The largest absolute Gasteiger partial charge is 0.481 e. The van der Waals surface area contributed by atoms with Gasteiger partial charge in [0.15, 0.2) is 0 Å². The standard InChI is InChI=1S/C26H21BF3NO5/c1-15-24(16-5-3-2-4-6-16)36-25(34)31(15)14-18-11-19(27)7-10-22(18)35-20-8-9-21(26(28,29)30)17(12-20)13-23(32)33/h2-12,15,24H,13-14H2,1H3,(H,32,33)/t15-,24-/m0/s1. The fourth-order valence-electron chi connectivity index (χ4n) is 4.15. The van der Waals surface area contributed by atoms with Gasteiger partial charge >= 0.3 is 18.2 Å². The zero-order valence-corrected chi connectivity index (χ0v) is 19.2. The van der Waals surface area contributed by atoms with Crippen LogP contribution in [0.4, 0.5) is 18.0 Å². The lowest BCUT2D eigenvalue weighted by molar-refractivity contribution is -0.139. The minimum atomic E-state index is -4.71. The topological polar surface area (TPSA) is 76.1 Å². The molecule has 1 aliphatic rings. The average Bonchev–Trinajstić information content (AvgIpc) is 3.09. The number of alkyl halides is 3. The van der Waals surface area contributed by atoms with Crippen LogP contribution in [0.2, 0.25) is 0 Å². The van der Waals surface area contributed by atoms with Crippen molar-refractivity contribution >= 4 is 25.4 Å². The first-order valence-electron chi connectivity index (χ1n) is 11.0. The lowest BCUT2D eigenvalue weighted by atomic mass is 9.93. The second-order valence-electron chi connectivity index (χ2n) is 8.44. The molecule has 2 radical (unpaired) electrons. The van der Waals surface area contributed by atoms with E-state index in [1.54, 1.807) is 18.2 Å². The van der Waals surface area contributed by atoms with Crippen LogP contribution in [0, 0.1) is 0 Å². The van der Waals surface area contributed by atoms with E-state index >= 15 is 0 Å². The van der Waals surface area contributed by atoms with Gasteiger partial charge in [-0.25, -0.2) is 4.79 Å². The van der Waals surface area contributed by atoms with E-state index in [0.717, 1.165) is 23.8 Å². The number of amides is 1. The van der Waals surface area contributed by atoms with Gasteiger partial charge in [0.2, 0.25) is 0 Å². The van der Waals surface area contributed by atoms with Crippen molar-refractivity contribution in [2.75, 3.05) is 0 Å². The van der Waals surface area contributed by atoms with Gasteiger partial charge in [-0.2, -0.15) is 13.2 Å². The highest BCUT2D eigenvalue weighted by Crippen LogP contribution is 2.37. The third-order valence-corrected chi connectivity index (χ3v) is 5.90. The Labute approximate surface area is 206 Å². The van der Waals surface area contributed by atoms with E-state index in [-0.39, 0.29) is 24.1 Å². The summed E-state index contributed by atoms with van der Waals surface area (Å²) < 4.78 is 51.4. The summed E-state index contributed by atoms with van der Waals surface area (Å²) in [5.41, 5.74) is 0.284. The van der Waals surface area contributed by atoms with Crippen molar-refractivity contribution < 1.29 is 37.3 Å². The van der Waals surface area contributed by atoms with E-state index in [1.807, 2.05) is 37.3 Å². The molecule has 1 heterocycles. The fourth-order valence-corrected chi connectivity index (χ4v) is 4.15. The van der Waals surface area contributed by atoms with Crippen molar-refractivity contribution in [2.45, 2.75) is 38.2 Å². The number of cyclic esters (lactones) is 1. The third-order valence-electron chi connectivity index (χ3n) is 5.90. The lowest BCUT2D eigenvalue weighted by Gasteiger charge is -2.23. The van der Waals surface area contributed by atoms with E-state index < -0.39 is 41.9 Å². The Balaban J connectivity index is 1.61. The molecule has 6 nitrogen and oxygen atoms in total. The molecule has 10 heteroatoms. The highest BCUT2D eigenvalue weighted by Gasteiger charge is 2.40. The van der Waals surface area contributed by atoms with E-state index in [1.165, 1.54) is 4.90 Å². The summed E-state index contributed by atoms with van der Waals surface area (Å²) in [5, 5.41) is 9.05. The Morgan fingerprint density at radius 2 is 1.81 bits per heavy atom. The maximum atomic E-state index is 13.3. The Morgan fingerprint density at radius 1 is 1.08 bits per heavy atom. The first kappa shape index (κ1) is 25.2. The van der Waals surface area contributed by atoms with E-state index in [4.69, 9.17) is 22.4 Å². The first-order valence-corrected chi connectivity index (χ1v) is 11.0. The molecule has 3 aromatic carbocycles. The molecule has 1 saturated heterocycles. The summed E-state index contributed by atoms with van der Waals surface area (Å²) in [6.07, 6.45) is -6.53. The summed E-state index contributed by atoms with van der Waals surface area (Å²) in [6, 6.07) is 16.6. The van der Waals surface area contributed by atoms with E-state index in [9.17, 15) is 22.8 Å². The number of benzene rings is 3. The Morgan fingerprint density at radius 3 is 2.47 bits per heavy atom. The molecule has 0 unspecified atom stereocenters. The van der Waals surface area contributed by atoms with Gasteiger partial charge in [-0.1, -0.05) is 47.9 Å². The maximum absolute atomic E-state index is 13.3. The minimum Gasteiger partial charge on any atom is -0.481 e. The van der Waals surface area contributed by atoms with Crippen molar-refractivity contribution in [3.05, 3.63) is 89.0 Å². The molecule has 184 valence electrons. The van der Waals surface area contributed by atoms with Crippen LogP contribution < -0.4 is 10.2 Å². The van der Waals surface area contributed by atoms with E-state index in [0.29, 0.717) is 11.0 Å². The van der Waals surface area contributed by atoms with Crippen LogP contribution in [0.5, 0.6) is 11.5 Å². The molecule has 1 fully saturated rings. The maximum Gasteiger partial charge on any atom is 0.416 e. The van der Waals surface area contributed by atoms with Crippen LogP contribution in [0.1, 0.15) is 35.3 Å². The molecule has 1 amide bonds. The molecule has 1 aliphatic heterocycles. The molecule has 0 aliphatic carbocycles. The average molecular weight is 495 g/mol. The molecule has 4 rings (SSSR count). The van der Waals surface area contributed by atoms with Crippen molar-refractivity contribution in [3.8, 4) is 11.5 Å². The van der Waals surface area contributed by atoms with Crippen LogP contribution >= 0.6 is 0 Å². The van der Waals surface area contributed by atoms with Gasteiger partial charge in [-0.15, -0.1) is 0 Å². The number of carboxylic acid groups (broad SMARTS) is 1. The Hall–Kier alpha value is -3.95. The molecule has 0 bridgehead atoms. The van der Waals surface area contributed by atoms with Crippen molar-refractivity contribution in [3.63, 3.8) is 0 Å². The summed E-state index contributed by atoms with van der Waals surface area (Å²) in [4.78, 5) is 25.3. The highest BCUT2D eigenvalue weighted by molar-refractivity contribution is 6.32. The fraction of sp³-hybridized carbons (Fsp3) is 0.231. The number of carbonyl (C=O) groups excluding carboxylic acids is 1. The summed E-state index contributed by atoms with van der Waals surface area (Å²) in [5.74, 6) is -1.13. The van der Waals surface area contributed by atoms with Crippen LogP contribution in [-0.4, -0.2) is 36.0 Å². The van der Waals surface area contributed by atoms with Crippen molar-refractivity contribution in [1.82, 2.24) is 4.90 Å². The van der Waals surface area contributed by atoms with Crippen LogP contribution in [0.15, 0.2) is 66.7 Å². The number of ether oxygens (including phenoxy) is 2. The van der Waals surface area contributed by atoms with Crippen LogP contribution in [0.25, 0.3) is 0 Å². The zero-order valence-electron chi connectivity index (χ0n) is 19.2. The molecule has 36 heavy (non-hydrogen) atoms. The molecule has 2 atom stereocenters. The summed E-state index contributed by atoms with van der Waals surface area (Å²) in [7, 11) is 5.95. The van der Waals surface area contributed by atoms with Gasteiger partial charge in [-0.05, 0) is 42.3 Å². The molecule has 0 saturated carbocycles. The quantitative estimate of drug-likeness (QED) is 0.467. The summed E-state index contributed by atoms with van der Waals surface area (Å²) >= 11 is 0. The number of hydrogen-bond acceptors (Lipinski definition) is 4. The number of aliphatic carboxylic acids is 1. The predicted octanol–water partition coefficient (Wildman–Crippen LogP) is 5.00. The van der Waals surface area contributed by atoms with E-state index in [2.05, 4.69) is 0 Å². The molecule has 0 spiro atoms. The Bertz CT molecular complexity index is 1280. The van der Waals surface area contributed by atoms with Crippen LogP contribution in [-0.2, 0) is 28.7 Å². The van der Waals surface area contributed by atoms with Gasteiger partial charge < -0.3 is 14.6 Å². The zero-order chi connectivity index (χ0) is 26.0. The van der Waals surface area contributed by atoms with Crippen molar-refractivity contribution in [2.24, 2.45) is 0 Å². The summed E-state index contributed by atoms with van der Waals surface area (Å²) in [6.45, 7) is 1.93. The number of hydrogen-bond donors (Lipinski definition) is 1. The number of carboxylic acids is 1. The Kier molecular flexibility index (Phi) is 6.96. The van der Waals surface area contributed by atoms with Gasteiger partial charge in [0.25, 0.3) is 0 Å². The third kappa shape index (κ3) is 5.48. The normalized spacial score (nSPS) is 17.7.